The van der Waals surface area contributed by atoms with Crippen LogP contribution in [0.2, 0.25) is 0 Å². The van der Waals surface area contributed by atoms with Crippen molar-refractivity contribution in [2.45, 2.75) is 26.4 Å². The number of nitrogens with one attached hydrogen (secondary N) is 1. The number of pyridine rings is 1. The molecule has 0 radical (unpaired) electrons. The summed E-state index contributed by atoms with van der Waals surface area (Å²) in [6.07, 6.45) is 1.67. The van der Waals surface area contributed by atoms with Gasteiger partial charge in [-0.2, -0.15) is 0 Å². The van der Waals surface area contributed by atoms with Crippen LogP contribution in [0.15, 0.2) is 42.6 Å². The van der Waals surface area contributed by atoms with Crippen LogP contribution in [0.5, 0.6) is 11.6 Å². The van der Waals surface area contributed by atoms with Crippen LogP contribution in [0.25, 0.3) is 0 Å². The Labute approximate surface area is 123 Å². The molecular weight excluding hydrogens is 268 g/mol. The Balaban J connectivity index is 2.13. The van der Waals surface area contributed by atoms with Crippen LogP contribution >= 0.6 is 0 Å². The number of carbonyl (C=O) groups is 1. The van der Waals surface area contributed by atoms with Gasteiger partial charge in [0, 0.05) is 24.3 Å². The molecule has 5 nitrogen and oxygen atoms in total. The third kappa shape index (κ3) is 4.29. The predicted molar refractivity (Wildman–Crippen MR) is 79.7 cm³/mol. The second-order valence-electron chi connectivity index (χ2n) is 4.93. The van der Waals surface area contributed by atoms with Crippen LogP contribution in [0.3, 0.4) is 0 Å². The second kappa shape index (κ2) is 6.85. The maximum Gasteiger partial charge on any atom is 0.335 e. The largest absolute Gasteiger partial charge is 0.478 e. The number of aromatic nitrogens is 1. The molecule has 21 heavy (non-hydrogen) atoms. The fourth-order valence-electron chi connectivity index (χ4n) is 1.74. The molecule has 1 aromatic carbocycles. The van der Waals surface area contributed by atoms with E-state index in [0.29, 0.717) is 24.2 Å². The summed E-state index contributed by atoms with van der Waals surface area (Å²) < 4.78 is 5.73. The third-order valence-electron chi connectivity index (χ3n) is 2.87. The van der Waals surface area contributed by atoms with Crippen molar-refractivity contribution in [1.82, 2.24) is 10.3 Å². The average Bonchev–Trinajstić information content (AvgIpc) is 2.47. The first-order valence-electron chi connectivity index (χ1n) is 6.74. The maximum absolute atomic E-state index is 10.8. The van der Waals surface area contributed by atoms with Crippen molar-refractivity contribution in [2.24, 2.45) is 0 Å². The van der Waals surface area contributed by atoms with Gasteiger partial charge >= 0.3 is 5.97 Å². The molecule has 0 spiro atoms. The first kappa shape index (κ1) is 15.0. The highest BCUT2D eigenvalue weighted by Crippen LogP contribution is 2.23. The van der Waals surface area contributed by atoms with E-state index in [0.717, 1.165) is 5.56 Å². The Hall–Kier alpha value is -2.40. The SMILES string of the molecule is CC(C)NCc1cccnc1Oc1ccc(C(=O)O)cc1. The van der Waals surface area contributed by atoms with Gasteiger partial charge < -0.3 is 15.2 Å². The van der Waals surface area contributed by atoms with Gasteiger partial charge in [0.05, 0.1) is 5.56 Å². The molecule has 0 atom stereocenters. The van der Waals surface area contributed by atoms with Crippen molar-refractivity contribution in [3.63, 3.8) is 0 Å². The van der Waals surface area contributed by atoms with E-state index in [9.17, 15) is 4.79 Å². The molecule has 110 valence electrons. The Morgan fingerprint density at radius 1 is 1.29 bits per heavy atom. The van der Waals surface area contributed by atoms with E-state index in [-0.39, 0.29) is 5.56 Å². The van der Waals surface area contributed by atoms with Crippen LogP contribution < -0.4 is 10.1 Å². The van der Waals surface area contributed by atoms with E-state index in [2.05, 4.69) is 24.1 Å². The van der Waals surface area contributed by atoms with Gasteiger partial charge in [-0.3, -0.25) is 0 Å². The zero-order valence-electron chi connectivity index (χ0n) is 12.0. The lowest BCUT2D eigenvalue weighted by Gasteiger charge is -2.12. The minimum absolute atomic E-state index is 0.227. The summed E-state index contributed by atoms with van der Waals surface area (Å²) in [6, 6.07) is 10.4. The smallest absolute Gasteiger partial charge is 0.335 e. The van der Waals surface area contributed by atoms with Gasteiger partial charge in [-0.25, -0.2) is 9.78 Å². The van der Waals surface area contributed by atoms with E-state index in [1.165, 1.54) is 12.1 Å². The first-order chi connectivity index (χ1) is 10.1. The number of hydrogen-bond donors (Lipinski definition) is 2. The van der Waals surface area contributed by atoms with Gasteiger partial charge in [0.15, 0.2) is 0 Å². The summed E-state index contributed by atoms with van der Waals surface area (Å²) in [5, 5.41) is 12.2. The predicted octanol–water partition coefficient (Wildman–Crippen LogP) is 3.07. The van der Waals surface area contributed by atoms with Crippen molar-refractivity contribution in [2.75, 3.05) is 0 Å². The molecule has 2 N–H and O–H groups in total. The normalized spacial score (nSPS) is 10.6. The van der Waals surface area contributed by atoms with Gasteiger partial charge in [-0.15, -0.1) is 0 Å². The highest BCUT2D eigenvalue weighted by Gasteiger charge is 2.08. The van der Waals surface area contributed by atoms with Crippen molar-refractivity contribution >= 4 is 5.97 Å². The maximum atomic E-state index is 10.8. The summed E-state index contributed by atoms with van der Waals surface area (Å²) in [5.74, 6) is 0.124. The molecule has 0 fully saturated rings. The minimum Gasteiger partial charge on any atom is -0.478 e. The molecule has 0 saturated carbocycles. The molecule has 0 unspecified atom stereocenters. The summed E-state index contributed by atoms with van der Waals surface area (Å²) in [4.78, 5) is 15.0. The Bertz CT molecular complexity index is 609. The standard InChI is InChI=1S/C16H18N2O3/c1-11(2)18-10-13-4-3-9-17-15(13)21-14-7-5-12(6-8-14)16(19)20/h3-9,11,18H,10H2,1-2H3,(H,19,20). The number of rotatable bonds is 6. The topological polar surface area (TPSA) is 71.5 Å². The van der Waals surface area contributed by atoms with Crippen LogP contribution in [0, 0.1) is 0 Å². The second-order valence-corrected chi connectivity index (χ2v) is 4.93. The van der Waals surface area contributed by atoms with Gasteiger partial charge in [0.25, 0.3) is 0 Å². The molecule has 0 saturated heterocycles. The zero-order valence-corrected chi connectivity index (χ0v) is 12.0. The van der Waals surface area contributed by atoms with Gasteiger partial charge in [0.2, 0.25) is 5.88 Å². The molecule has 0 aliphatic heterocycles. The van der Waals surface area contributed by atoms with Gasteiger partial charge in [-0.1, -0.05) is 19.9 Å². The lowest BCUT2D eigenvalue weighted by molar-refractivity contribution is 0.0697. The molecule has 0 amide bonds. The molecular formula is C16H18N2O3. The summed E-state index contributed by atoms with van der Waals surface area (Å²) in [6.45, 7) is 4.80. The molecule has 0 aliphatic carbocycles. The van der Waals surface area contributed by atoms with Crippen LogP contribution in [-0.4, -0.2) is 22.1 Å². The Morgan fingerprint density at radius 2 is 2.00 bits per heavy atom. The minimum atomic E-state index is -0.957. The lowest BCUT2D eigenvalue weighted by atomic mass is 10.2. The average molecular weight is 286 g/mol. The zero-order chi connectivity index (χ0) is 15.2. The van der Waals surface area contributed by atoms with Crippen molar-refractivity contribution in [3.05, 3.63) is 53.7 Å². The fourth-order valence-corrected chi connectivity index (χ4v) is 1.74. The van der Waals surface area contributed by atoms with E-state index in [1.807, 2.05) is 12.1 Å². The molecule has 1 heterocycles. The van der Waals surface area contributed by atoms with Gasteiger partial charge in [-0.05, 0) is 30.3 Å². The Morgan fingerprint density at radius 3 is 2.62 bits per heavy atom. The number of carboxylic acids is 1. The van der Waals surface area contributed by atoms with Gasteiger partial charge in [0.1, 0.15) is 5.75 Å². The van der Waals surface area contributed by atoms with Crippen molar-refractivity contribution in [3.8, 4) is 11.6 Å². The molecule has 2 aromatic rings. The van der Waals surface area contributed by atoms with Crippen molar-refractivity contribution in [1.29, 1.82) is 0 Å². The summed E-state index contributed by atoms with van der Waals surface area (Å²) in [7, 11) is 0. The monoisotopic (exact) mass is 286 g/mol. The Kier molecular flexibility index (Phi) is 4.90. The highest BCUT2D eigenvalue weighted by molar-refractivity contribution is 5.87. The molecule has 0 aliphatic rings. The number of carboxylic acid groups (broad SMARTS) is 1. The molecule has 1 aromatic heterocycles. The summed E-state index contributed by atoms with van der Waals surface area (Å²) >= 11 is 0. The number of hydrogen-bond acceptors (Lipinski definition) is 4. The number of aromatic carboxylic acids is 1. The molecule has 5 heteroatoms. The molecule has 0 bridgehead atoms. The third-order valence-corrected chi connectivity index (χ3v) is 2.87. The highest BCUT2D eigenvalue weighted by atomic mass is 16.5. The van der Waals surface area contributed by atoms with E-state index in [1.54, 1.807) is 18.3 Å². The number of ether oxygens (including phenoxy) is 1. The quantitative estimate of drug-likeness (QED) is 0.854. The fraction of sp³-hybridized carbons (Fsp3) is 0.250. The first-order valence-corrected chi connectivity index (χ1v) is 6.74. The lowest BCUT2D eigenvalue weighted by Crippen LogP contribution is -2.22. The van der Waals surface area contributed by atoms with Crippen molar-refractivity contribution < 1.29 is 14.6 Å². The van der Waals surface area contributed by atoms with Crippen LogP contribution in [0.1, 0.15) is 29.8 Å². The summed E-state index contributed by atoms with van der Waals surface area (Å²) in [5.41, 5.74) is 1.18. The van der Waals surface area contributed by atoms with Crippen LogP contribution in [-0.2, 0) is 6.54 Å². The number of nitrogens with zero attached hydrogens (tertiary/aromatic N) is 1. The van der Waals surface area contributed by atoms with E-state index >= 15 is 0 Å². The van der Waals surface area contributed by atoms with E-state index in [4.69, 9.17) is 9.84 Å². The van der Waals surface area contributed by atoms with E-state index < -0.39 is 5.97 Å². The molecule has 2 rings (SSSR count). The van der Waals surface area contributed by atoms with Crippen LogP contribution in [0.4, 0.5) is 0 Å². The number of benzene rings is 1.